The van der Waals surface area contributed by atoms with Crippen LogP contribution in [0.3, 0.4) is 0 Å². The predicted octanol–water partition coefficient (Wildman–Crippen LogP) is 1.96. The minimum Gasteiger partial charge on any atom is -0.480 e. The Bertz CT molecular complexity index is 685. The molecular formula is C18H24N4O2. The Morgan fingerprint density at radius 1 is 1.33 bits per heavy atom. The summed E-state index contributed by atoms with van der Waals surface area (Å²) >= 11 is 0. The van der Waals surface area contributed by atoms with Crippen molar-refractivity contribution in [2.75, 3.05) is 19.6 Å². The number of likely N-dealkylation sites (tertiary alicyclic amines) is 1. The van der Waals surface area contributed by atoms with Crippen molar-refractivity contribution in [1.29, 1.82) is 0 Å². The second kappa shape index (κ2) is 7.13. The highest BCUT2D eigenvalue weighted by Gasteiger charge is 2.32. The Labute approximate surface area is 142 Å². The Morgan fingerprint density at radius 3 is 2.88 bits per heavy atom. The highest BCUT2D eigenvalue weighted by molar-refractivity contribution is 5.66. The number of hydrogen-bond donors (Lipinski definition) is 1. The van der Waals surface area contributed by atoms with Crippen LogP contribution in [0.2, 0.25) is 0 Å². The maximum Gasteiger partial charge on any atom is 0.325 e. The first-order valence-corrected chi connectivity index (χ1v) is 8.44. The summed E-state index contributed by atoms with van der Waals surface area (Å²) in [6, 6.07) is 10.7. The van der Waals surface area contributed by atoms with Gasteiger partial charge in [-0.25, -0.2) is 4.68 Å². The lowest BCUT2D eigenvalue weighted by atomic mass is 9.76. The number of carboxylic acids is 1. The van der Waals surface area contributed by atoms with Crippen molar-refractivity contribution in [2.45, 2.75) is 38.1 Å². The highest BCUT2D eigenvalue weighted by atomic mass is 16.4. The second-order valence-corrected chi connectivity index (χ2v) is 6.86. The number of piperidine rings is 1. The summed E-state index contributed by atoms with van der Waals surface area (Å²) < 4.78 is 1.38. The Kier molecular flexibility index (Phi) is 4.94. The smallest absolute Gasteiger partial charge is 0.325 e. The third-order valence-corrected chi connectivity index (χ3v) is 4.81. The van der Waals surface area contributed by atoms with Crippen molar-refractivity contribution in [1.82, 2.24) is 19.9 Å². The van der Waals surface area contributed by atoms with Gasteiger partial charge in [-0.2, -0.15) is 0 Å². The van der Waals surface area contributed by atoms with Crippen molar-refractivity contribution in [3.05, 3.63) is 47.8 Å². The Balaban J connectivity index is 1.58. The number of rotatable bonds is 6. The summed E-state index contributed by atoms with van der Waals surface area (Å²) in [5.41, 5.74) is 2.45. The van der Waals surface area contributed by atoms with E-state index in [2.05, 4.69) is 52.5 Å². The van der Waals surface area contributed by atoms with Gasteiger partial charge in [0.15, 0.2) is 0 Å². The van der Waals surface area contributed by atoms with E-state index in [4.69, 9.17) is 5.11 Å². The molecule has 0 radical (unpaired) electrons. The number of aromatic nitrogens is 3. The van der Waals surface area contributed by atoms with Crippen LogP contribution in [0.15, 0.2) is 36.5 Å². The van der Waals surface area contributed by atoms with Gasteiger partial charge in [-0.05, 0) is 24.9 Å². The van der Waals surface area contributed by atoms with Gasteiger partial charge in [0, 0.05) is 31.1 Å². The van der Waals surface area contributed by atoms with E-state index < -0.39 is 5.97 Å². The zero-order valence-electron chi connectivity index (χ0n) is 14.1. The van der Waals surface area contributed by atoms with Crippen molar-refractivity contribution >= 4 is 5.97 Å². The molecule has 0 bridgehead atoms. The van der Waals surface area contributed by atoms with E-state index in [1.165, 1.54) is 23.1 Å². The molecule has 0 saturated carbocycles. The molecule has 1 aliphatic heterocycles. The minimum atomic E-state index is -0.902. The molecular weight excluding hydrogens is 304 g/mol. The van der Waals surface area contributed by atoms with Gasteiger partial charge < -0.3 is 10.0 Å². The lowest BCUT2D eigenvalue weighted by Gasteiger charge is -2.41. The number of hydrogen-bond acceptors (Lipinski definition) is 4. The lowest BCUT2D eigenvalue weighted by Crippen LogP contribution is -2.45. The van der Waals surface area contributed by atoms with Crippen LogP contribution < -0.4 is 0 Å². The summed E-state index contributed by atoms with van der Waals surface area (Å²) in [5.74, 6) is -0.902. The molecule has 1 aromatic heterocycles. The minimum absolute atomic E-state index is 0.136. The van der Waals surface area contributed by atoms with E-state index in [9.17, 15) is 4.79 Å². The average molecular weight is 328 g/mol. The summed E-state index contributed by atoms with van der Waals surface area (Å²) in [6.07, 6.45) is 4.93. The van der Waals surface area contributed by atoms with Crippen LogP contribution in [0.1, 0.15) is 31.0 Å². The van der Waals surface area contributed by atoms with E-state index in [1.54, 1.807) is 6.20 Å². The molecule has 0 amide bonds. The van der Waals surface area contributed by atoms with Gasteiger partial charge in [-0.3, -0.25) is 4.79 Å². The van der Waals surface area contributed by atoms with Gasteiger partial charge >= 0.3 is 5.97 Å². The molecule has 0 spiro atoms. The first-order chi connectivity index (χ1) is 11.5. The first-order valence-electron chi connectivity index (χ1n) is 8.44. The van der Waals surface area contributed by atoms with Gasteiger partial charge in [-0.15, -0.1) is 5.10 Å². The summed E-state index contributed by atoms with van der Waals surface area (Å²) in [7, 11) is 0. The van der Waals surface area contributed by atoms with Crippen LogP contribution in [0.25, 0.3) is 0 Å². The molecule has 1 saturated heterocycles. The normalized spacial score (nSPS) is 21.7. The van der Waals surface area contributed by atoms with Crippen LogP contribution in [0, 0.1) is 0 Å². The first kappa shape index (κ1) is 16.6. The van der Waals surface area contributed by atoms with Gasteiger partial charge in [0.2, 0.25) is 0 Å². The maximum absolute atomic E-state index is 10.7. The molecule has 1 aromatic carbocycles. The molecule has 2 aromatic rings. The number of aliphatic carboxylic acids is 1. The van der Waals surface area contributed by atoms with Crippen LogP contribution in [-0.4, -0.2) is 50.6 Å². The molecule has 1 N–H and O–H groups in total. The van der Waals surface area contributed by atoms with E-state index in [0.29, 0.717) is 0 Å². The van der Waals surface area contributed by atoms with Crippen molar-refractivity contribution < 1.29 is 9.90 Å². The van der Waals surface area contributed by atoms with Crippen molar-refractivity contribution in [3.8, 4) is 0 Å². The fraction of sp³-hybridized carbons (Fsp3) is 0.500. The van der Waals surface area contributed by atoms with Crippen molar-refractivity contribution in [3.63, 3.8) is 0 Å². The third-order valence-electron chi connectivity index (χ3n) is 4.81. The molecule has 6 heteroatoms. The number of nitrogens with zero attached hydrogens (tertiary/aromatic N) is 4. The standard InChI is InChI=1S/C18H24N4O2/c1-18(15-6-3-2-4-7-15)9-5-10-21(14-18)11-8-16-12-22(20-19-16)13-17(23)24/h2-4,6-7,12H,5,8-11,13-14H2,1H3,(H,23,24). The number of benzene rings is 1. The zero-order chi connectivity index (χ0) is 17.0. The molecule has 24 heavy (non-hydrogen) atoms. The Hall–Kier alpha value is -2.21. The molecule has 6 nitrogen and oxygen atoms in total. The SMILES string of the molecule is CC1(c2ccccc2)CCCN(CCc2cn(CC(=O)O)nn2)C1. The van der Waals surface area contributed by atoms with Crippen LogP contribution in [0.4, 0.5) is 0 Å². The van der Waals surface area contributed by atoms with Gasteiger partial charge in [0.05, 0.1) is 5.69 Å². The predicted molar refractivity (Wildman–Crippen MR) is 90.8 cm³/mol. The summed E-state index contributed by atoms with van der Waals surface area (Å²) in [5, 5.41) is 16.7. The molecule has 1 unspecified atom stereocenters. The topological polar surface area (TPSA) is 71.2 Å². The molecule has 1 atom stereocenters. The van der Waals surface area contributed by atoms with Gasteiger partial charge in [0.25, 0.3) is 0 Å². The average Bonchev–Trinajstić information content (AvgIpc) is 3.01. The van der Waals surface area contributed by atoms with Crippen LogP contribution >= 0.6 is 0 Å². The zero-order valence-corrected chi connectivity index (χ0v) is 14.1. The fourth-order valence-corrected chi connectivity index (χ4v) is 3.55. The quantitative estimate of drug-likeness (QED) is 0.878. The molecule has 0 aliphatic carbocycles. The van der Waals surface area contributed by atoms with Crippen molar-refractivity contribution in [2.24, 2.45) is 0 Å². The summed E-state index contributed by atoms with van der Waals surface area (Å²) in [4.78, 5) is 13.2. The number of carboxylic acid groups (broad SMARTS) is 1. The molecule has 1 aliphatic rings. The van der Waals surface area contributed by atoms with E-state index >= 15 is 0 Å². The van der Waals surface area contributed by atoms with Gasteiger partial charge in [0.1, 0.15) is 6.54 Å². The summed E-state index contributed by atoms with van der Waals surface area (Å²) in [6.45, 7) is 5.28. The molecule has 1 fully saturated rings. The molecule has 128 valence electrons. The van der Waals surface area contributed by atoms with Gasteiger partial charge in [-0.1, -0.05) is 42.5 Å². The Morgan fingerprint density at radius 2 is 2.12 bits per heavy atom. The van der Waals surface area contributed by atoms with Crippen LogP contribution in [-0.2, 0) is 23.2 Å². The second-order valence-electron chi connectivity index (χ2n) is 6.86. The molecule has 2 heterocycles. The highest BCUT2D eigenvalue weighted by Crippen LogP contribution is 2.33. The van der Waals surface area contributed by atoms with E-state index in [0.717, 1.165) is 31.7 Å². The largest absolute Gasteiger partial charge is 0.480 e. The van der Waals surface area contributed by atoms with E-state index in [1.807, 2.05) is 0 Å². The third kappa shape index (κ3) is 4.00. The maximum atomic E-state index is 10.7. The monoisotopic (exact) mass is 328 g/mol. The van der Waals surface area contributed by atoms with E-state index in [-0.39, 0.29) is 12.0 Å². The fourth-order valence-electron chi connectivity index (χ4n) is 3.55. The number of carbonyl (C=O) groups is 1. The molecule has 3 rings (SSSR count). The lowest BCUT2D eigenvalue weighted by molar-refractivity contribution is -0.137. The van der Waals surface area contributed by atoms with Crippen LogP contribution in [0.5, 0.6) is 0 Å².